The van der Waals surface area contributed by atoms with Crippen LogP contribution in [0.15, 0.2) is 36.4 Å². The van der Waals surface area contributed by atoms with Crippen molar-refractivity contribution in [2.45, 2.75) is 53.2 Å². The van der Waals surface area contributed by atoms with Crippen molar-refractivity contribution in [1.29, 1.82) is 0 Å². The first-order valence-electron chi connectivity index (χ1n) is 11.8. The summed E-state index contributed by atoms with van der Waals surface area (Å²) >= 11 is 0. The topological polar surface area (TPSA) is 61.5 Å². The van der Waals surface area contributed by atoms with Gasteiger partial charge in [-0.2, -0.15) is 5.10 Å². The number of carbonyl (C=O) groups excluding carboxylic acids is 1. The monoisotopic (exact) mass is 450 g/mol. The first-order chi connectivity index (χ1) is 16.0. The molecule has 4 rings (SSSR count). The number of ether oxygens (including phenoxy) is 2. The second-order valence-corrected chi connectivity index (χ2v) is 8.56. The summed E-state index contributed by atoms with van der Waals surface area (Å²) in [6.45, 7) is 10.4. The fourth-order valence-corrected chi connectivity index (χ4v) is 4.56. The lowest BCUT2D eigenvalue weighted by atomic mass is 10.1. The number of rotatable bonds is 8. The molecule has 0 saturated heterocycles. The van der Waals surface area contributed by atoms with Crippen molar-refractivity contribution < 1.29 is 14.3 Å². The third kappa shape index (κ3) is 4.98. The van der Waals surface area contributed by atoms with Gasteiger partial charge < -0.3 is 18.9 Å². The third-order valence-corrected chi connectivity index (χ3v) is 6.30. The van der Waals surface area contributed by atoms with E-state index in [-0.39, 0.29) is 5.91 Å². The lowest BCUT2D eigenvalue weighted by Crippen LogP contribution is -2.31. The SMILES string of the molecule is CCOc1ccc(-c2cc3n(n2)CCCN(C(=O)c2cc(C)n(CCCOC)c2C)C3)cc1. The van der Waals surface area contributed by atoms with Crippen molar-refractivity contribution in [2.24, 2.45) is 0 Å². The number of carbonyl (C=O) groups is 1. The summed E-state index contributed by atoms with van der Waals surface area (Å²) in [4.78, 5) is 15.5. The smallest absolute Gasteiger partial charge is 0.256 e. The molecular weight excluding hydrogens is 416 g/mol. The quantitative estimate of drug-likeness (QED) is 0.476. The summed E-state index contributed by atoms with van der Waals surface area (Å²) in [5, 5.41) is 4.82. The van der Waals surface area contributed by atoms with Crippen molar-refractivity contribution in [2.75, 3.05) is 26.9 Å². The lowest BCUT2D eigenvalue weighted by Gasteiger charge is -2.20. The van der Waals surface area contributed by atoms with Crippen LogP contribution in [0.2, 0.25) is 0 Å². The zero-order valence-corrected chi connectivity index (χ0v) is 20.1. The Balaban J connectivity index is 1.52. The van der Waals surface area contributed by atoms with E-state index in [2.05, 4.69) is 17.6 Å². The number of methoxy groups -OCH3 is 1. The second kappa shape index (κ2) is 10.3. The molecular formula is C26H34N4O3. The summed E-state index contributed by atoms with van der Waals surface area (Å²) in [5.41, 5.74) is 5.99. The van der Waals surface area contributed by atoms with Gasteiger partial charge in [-0.15, -0.1) is 0 Å². The number of fused-ring (bicyclic) bond motifs is 1. The van der Waals surface area contributed by atoms with Crippen molar-refractivity contribution in [1.82, 2.24) is 19.2 Å². The third-order valence-electron chi connectivity index (χ3n) is 6.30. The fraction of sp³-hybridized carbons (Fsp3) is 0.462. The molecule has 0 saturated carbocycles. The molecule has 0 bridgehead atoms. The Morgan fingerprint density at radius 3 is 2.64 bits per heavy atom. The molecule has 176 valence electrons. The van der Waals surface area contributed by atoms with E-state index in [1.54, 1.807) is 7.11 Å². The number of aryl methyl sites for hydroxylation is 2. The normalized spacial score (nSPS) is 13.6. The summed E-state index contributed by atoms with van der Waals surface area (Å²) in [6.07, 6.45) is 1.81. The van der Waals surface area contributed by atoms with Crippen LogP contribution in [0, 0.1) is 13.8 Å². The lowest BCUT2D eigenvalue weighted by molar-refractivity contribution is 0.0745. The van der Waals surface area contributed by atoms with Crippen LogP contribution in [0.1, 0.15) is 47.2 Å². The highest BCUT2D eigenvalue weighted by atomic mass is 16.5. The Kier molecular flexibility index (Phi) is 7.18. The van der Waals surface area contributed by atoms with Crippen LogP contribution in [0.5, 0.6) is 5.75 Å². The summed E-state index contributed by atoms with van der Waals surface area (Å²) in [7, 11) is 1.72. The molecule has 0 radical (unpaired) electrons. The minimum absolute atomic E-state index is 0.0957. The van der Waals surface area contributed by atoms with Crippen molar-refractivity contribution in [3.05, 3.63) is 59.0 Å². The molecule has 1 aromatic carbocycles. The van der Waals surface area contributed by atoms with Gasteiger partial charge in [0.1, 0.15) is 5.75 Å². The van der Waals surface area contributed by atoms with Gasteiger partial charge in [0.25, 0.3) is 5.91 Å². The number of benzene rings is 1. The number of hydrogen-bond acceptors (Lipinski definition) is 4. The van der Waals surface area contributed by atoms with E-state index in [9.17, 15) is 4.79 Å². The van der Waals surface area contributed by atoms with E-state index in [0.717, 1.165) is 72.1 Å². The summed E-state index contributed by atoms with van der Waals surface area (Å²) in [5.74, 6) is 0.956. The molecule has 7 heteroatoms. The standard InChI is InChI=1S/C26H34N4O3/c1-5-33-23-10-8-21(9-11-23)25-17-22-18-28(12-6-14-30(22)27-25)26(31)24-16-19(2)29(20(24)3)13-7-15-32-4/h8-11,16-17H,5-7,12-15,18H2,1-4H3. The molecule has 0 atom stereocenters. The van der Waals surface area contributed by atoms with Gasteiger partial charge in [-0.3, -0.25) is 9.48 Å². The average Bonchev–Trinajstić information content (AvgIpc) is 3.26. The molecule has 0 unspecified atom stereocenters. The van der Waals surface area contributed by atoms with Gasteiger partial charge in [-0.25, -0.2) is 0 Å². The largest absolute Gasteiger partial charge is 0.494 e. The van der Waals surface area contributed by atoms with Gasteiger partial charge in [-0.05, 0) is 70.0 Å². The Morgan fingerprint density at radius 2 is 1.91 bits per heavy atom. The number of amides is 1. The number of nitrogens with zero attached hydrogens (tertiary/aromatic N) is 4. The Hall–Kier alpha value is -3.06. The molecule has 0 fully saturated rings. The molecule has 2 aromatic heterocycles. The zero-order chi connectivity index (χ0) is 23.4. The van der Waals surface area contributed by atoms with Crippen molar-refractivity contribution in [3.8, 4) is 17.0 Å². The highest BCUT2D eigenvalue weighted by Crippen LogP contribution is 2.26. The van der Waals surface area contributed by atoms with Crippen LogP contribution in [-0.4, -0.2) is 52.0 Å². The Labute approximate surface area is 195 Å². The van der Waals surface area contributed by atoms with Crippen molar-refractivity contribution in [3.63, 3.8) is 0 Å². The Bertz CT molecular complexity index is 1100. The number of hydrogen-bond donors (Lipinski definition) is 0. The van der Waals surface area contributed by atoms with Gasteiger partial charge >= 0.3 is 0 Å². The van der Waals surface area contributed by atoms with E-state index >= 15 is 0 Å². The number of aromatic nitrogens is 3. The van der Waals surface area contributed by atoms with Crippen LogP contribution in [-0.2, 0) is 24.4 Å². The van der Waals surface area contributed by atoms with Gasteiger partial charge in [0.2, 0.25) is 0 Å². The second-order valence-electron chi connectivity index (χ2n) is 8.56. The molecule has 0 aliphatic carbocycles. The van der Waals surface area contributed by atoms with E-state index < -0.39 is 0 Å². The molecule has 1 aliphatic heterocycles. The first-order valence-corrected chi connectivity index (χ1v) is 11.8. The van der Waals surface area contributed by atoms with Crippen LogP contribution >= 0.6 is 0 Å². The molecule has 0 N–H and O–H groups in total. The van der Waals surface area contributed by atoms with Gasteiger partial charge in [0, 0.05) is 50.3 Å². The maximum atomic E-state index is 13.5. The van der Waals surface area contributed by atoms with Crippen LogP contribution in [0.3, 0.4) is 0 Å². The highest BCUT2D eigenvalue weighted by molar-refractivity contribution is 5.95. The van der Waals surface area contributed by atoms with Gasteiger partial charge in [-0.1, -0.05) is 0 Å². The van der Waals surface area contributed by atoms with E-state index in [4.69, 9.17) is 14.6 Å². The summed E-state index contributed by atoms with van der Waals surface area (Å²) < 4.78 is 15.0. The van der Waals surface area contributed by atoms with E-state index in [0.29, 0.717) is 19.8 Å². The summed E-state index contributed by atoms with van der Waals surface area (Å²) in [6, 6.07) is 12.2. The van der Waals surface area contributed by atoms with Crippen molar-refractivity contribution >= 4 is 5.91 Å². The van der Waals surface area contributed by atoms with Crippen LogP contribution in [0.4, 0.5) is 0 Å². The maximum Gasteiger partial charge on any atom is 0.256 e. The van der Waals surface area contributed by atoms with E-state index in [1.165, 1.54) is 0 Å². The Morgan fingerprint density at radius 1 is 1.12 bits per heavy atom. The predicted octanol–water partition coefficient (Wildman–Crippen LogP) is 4.45. The van der Waals surface area contributed by atoms with Gasteiger partial charge in [0.05, 0.1) is 30.1 Å². The van der Waals surface area contributed by atoms with E-state index in [1.807, 2.05) is 53.8 Å². The van der Waals surface area contributed by atoms with Gasteiger partial charge in [0.15, 0.2) is 0 Å². The minimum atomic E-state index is 0.0957. The molecule has 1 aliphatic rings. The molecule has 33 heavy (non-hydrogen) atoms. The molecule has 1 amide bonds. The highest BCUT2D eigenvalue weighted by Gasteiger charge is 2.25. The first kappa shape index (κ1) is 23.1. The molecule has 3 heterocycles. The minimum Gasteiger partial charge on any atom is -0.494 e. The molecule has 0 spiro atoms. The predicted molar refractivity (Wildman–Crippen MR) is 129 cm³/mol. The zero-order valence-electron chi connectivity index (χ0n) is 20.1. The van der Waals surface area contributed by atoms with Crippen LogP contribution in [0.25, 0.3) is 11.3 Å². The fourth-order valence-electron chi connectivity index (χ4n) is 4.56. The molecule has 7 nitrogen and oxygen atoms in total. The van der Waals surface area contributed by atoms with Crippen LogP contribution < -0.4 is 4.74 Å². The molecule has 3 aromatic rings. The maximum absolute atomic E-state index is 13.5. The average molecular weight is 451 g/mol.